The molecule has 6 heteroatoms. The third-order valence-electron chi connectivity index (χ3n) is 3.03. The third kappa shape index (κ3) is 3.27. The van der Waals surface area contributed by atoms with Crippen LogP contribution in [0.25, 0.3) is 0 Å². The Kier molecular flexibility index (Phi) is 3.94. The Morgan fingerprint density at radius 3 is 2.35 bits per heavy atom. The molecule has 20 heavy (non-hydrogen) atoms. The summed E-state index contributed by atoms with van der Waals surface area (Å²) in [4.78, 5) is 12.1. The molecular formula is C14H16N2O3S. The maximum Gasteiger partial charge on any atom is 0.251 e. The van der Waals surface area contributed by atoms with Crippen LogP contribution >= 0.6 is 0 Å². The maximum absolute atomic E-state index is 11.9. The molecule has 0 saturated heterocycles. The molecule has 0 bridgehead atoms. The lowest BCUT2D eigenvalue weighted by Crippen LogP contribution is -2.23. The molecule has 1 N–H and O–H groups in total. The Bertz CT molecular complexity index is 715. The molecule has 0 saturated carbocycles. The number of sulfone groups is 1. The fourth-order valence-corrected chi connectivity index (χ4v) is 2.44. The highest BCUT2D eigenvalue weighted by Crippen LogP contribution is 2.10. The van der Waals surface area contributed by atoms with Crippen molar-refractivity contribution in [1.82, 2.24) is 9.88 Å². The summed E-state index contributed by atoms with van der Waals surface area (Å²) in [7, 11) is -1.33. The van der Waals surface area contributed by atoms with Gasteiger partial charge in [-0.05, 0) is 36.4 Å². The number of amides is 1. The molecule has 0 atom stereocenters. The number of aromatic nitrogens is 1. The monoisotopic (exact) mass is 292 g/mol. The van der Waals surface area contributed by atoms with Crippen LogP contribution in [0.2, 0.25) is 0 Å². The minimum absolute atomic E-state index is 0.205. The van der Waals surface area contributed by atoms with Crippen molar-refractivity contribution < 1.29 is 13.2 Å². The maximum atomic E-state index is 11.9. The van der Waals surface area contributed by atoms with Gasteiger partial charge in [-0.3, -0.25) is 4.79 Å². The highest BCUT2D eigenvalue weighted by molar-refractivity contribution is 7.90. The van der Waals surface area contributed by atoms with E-state index < -0.39 is 9.84 Å². The average Bonchev–Trinajstić information content (AvgIpc) is 2.81. The largest absolute Gasteiger partial charge is 0.353 e. The molecule has 2 aromatic rings. The van der Waals surface area contributed by atoms with Crippen LogP contribution in [0.5, 0.6) is 0 Å². The number of hydrogen-bond donors (Lipinski definition) is 1. The summed E-state index contributed by atoms with van der Waals surface area (Å²) in [5, 5.41) is 2.79. The van der Waals surface area contributed by atoms with Crippen molar-refractivity contribution in [3.8, 4) is 0 Å². The molecule has 1 aromatic heterocycles. The van der Waals surface area contributed by atoms with Crippen LogP contribution in [0.3, 0.4) is 0 Å². The molecule has 0 aliphatic heterocycles. The fraction of sp³-hybridized carbons (Fsp3) is 0.214. The second kappa shape index (κ2) is 5.50. The van der Waals surface area contributed by atoms with Crippen molar-refractivity contribution >= 4 is 15.7 Å². The Labute approximate surface area is 118 Å². The molecule has 5 nitrogen and oxygen atoms in total. The zero-order chi connectivity index (χ0) is 14.8. The first-order valence-electron chi connectivity index (χ1n) is 6.06. The van der Waals surface area contributed by atoms with Crippen LogP contribution < -0.4 is 5.32 Å². The van der Waals surface area contributed by atoms with Gasteiger partial charge in [-0.25, -0.2) is 8.42 Å². The van der Waals surface area contributed by atoms with Gasteiger partial charge in [0.2, 0.25) is 0 Å². The van der Waals surface area contributed by atoms with Gasteiger partial charge in [0.05, 0.1) is 11.4 Å². The molecule has 1 amide bonds. The van der Waals surface area contributed by atoms with Crippen LogP contribution in [0.15, 0.2) is 47.5 Å². The van der Waals surface area contributed by atoms with Crippen molar-refractivity contribution in [3.05, 3.63) is 53.9 Å². The zero-order valence-electron chi connectivity index (χ0n) is 11.3. The standard InChI is InChI=1S/C14H16N2O3S/c1-16-9-3-4-12(16)10-15-14(17)11-5-7-13(8-6-11)20(2,18)19/h3-9H,10H2,1-2H3,(H,15,17). The molecule has 0 radical (unpaired) electrons. The second-order valence-corrected chi connectivity index (χ2v) is 6.61. The smallest absolute Gasteiger partial charge is 0.251 e. The Morgan fingerprint density at radius 1 is 1.20 bits per heavy atom. The quantitative estimate of drug-likeness (QED) is 0.925. The molecule has 0 aliphatic carbocycles. The first-order chi connectivity index (χ1) is 9.38. The summed E-state index contributed by atoms with van der Waals surface area (Å²) < 4.78 is 24.6. The van der Waals surface area contributed by atoms with Crippen LogP contribution in [-0.4, -0.2) is 25.1 Å². The Balaban J connectivity index is 2.05. The number of nitrogens with zero attached hydrogens (tertiary/aromatic N) is 1. The summed E-state index contributed by atoms with van der Waals surface area (Å²) >= 11 is 0. The van der Waals surface area contributed by atoms with Gasteiger partial charge in [0.15, 0.2) is 9.84 Å². The van der Waals surface area contributed by atoms with Gasteiger partial charge >= 0.3 is 0 Å². The van der Waals surface area contributed by atoms with Gasteiger partial charge in [0.1, 0.15) is 0 Å². The van der Waals surface area contributed by atoms with Gasteiger partial charge in [-0.1, -0.05) is 0 Å². The number of nitrogens with one attached hydrogen (secondary N) is 1. The van der Waals surface area contributed by atoms with Crippen molar-refractivity contribution in [2.45, 2.75) is 11.4 Å². The lowest BCUT2D eigenvalue weighted by molar-refractivity contribution is 0.0950. The predicted octanol–water partition coefficient (Wildman–Crippen LogP) is 1.36. The summed E-state index contributed by atoms with van der Waals surface area (Å²) in [5.74, 6) is -0.230. The number of aryl methyl sites for hydroxylation is 1. The number of carbonyl (C=O) groups is 1. The van der Waals surface area contributed by atoms with E-state index >= 15 is 0 Å². The highest BCUT2D eigenvalue weighted by Gasteiger charge is 2.10. The van der Waals surface area contributed by atoms with E-state index in [1.54, 1.807) is 0 Å². The molecule has 0 aliphatic rings. The van der Waals surface area contributed by atoms with E-state index in [9.17, 15) is 13.2 Å². The average molecular weight is 292 g/mol. The Morgan fingerprint density at radius 2 is 1.85 bits per heavy atom. The van der Waals surface area contributed by atoms with Crippen molar-refractivity contribution in [1.29, 1.82) is 0 Å². The van der Waals surface area contributed by atoms with Gasteiger partial charge in [-0.15, -0.1) is 0 Å². The SMILES string of the molecule is Cn1cccc1CNC(=O)c1ccc(S(C)(=O)=O)cc1. The molecule has 1 heterocycles. The number of hydrogen-bond acceptors (Lipinski definition) is 3. The van der Waals surface area contributed by atoms with E-state index in [1.165, 1.54) is 24.3 Å². The topological polar surface area (TPSA) is 68.2 Å². The van der Waals surface area contributed by atoms with Crippen LogP contribution in [0.4, 0.5) is 0 Å². The van der Waals surface area contributed by atoms with Gasteiger partial charge in [0.25, 0.3) is 5.91 Å². The van der Waals surface area contributed by atoms with Crippen molar-refractivity contribution in [2.75, 3.05) is 6.26 Å². The second-order valence-electron chi connectivity index (χ2n) is 4.59. The normalized spacial score (nSPS) is 11.3. The number of rotatable bonds is 4. The minimum atomic E-state index is -3.23. The summed E-state index contributed by atoms with van der Waals surface area (Å²) in [6.45, 7) is 0.427. The van der Waals surface area contributed by atoms with Gasteiger partial charge in [0, 0.05) is 30.8 Å². The number of carbonyl (C=O) groups excluding carboxylic acids is 1. The molecule has 0 unspecified atom stereocenters. The van der Waals surface area contributed by atoms with Crippen molar-refractivity contribution in [2.24, 2.45) is 7.05 Å². The highest BCUT2D eigenvalue weighted by atomic mass is 32.2. The van der Waals surface area contributed by atoms with E-state index in [0.29, 0.717) is 12.1 Å². The molecular weight excluding hydrogens is 276 g/mol. The van der Waals surface area contributed by atoms with Crippen LogP contribution in [-0.2, 0) is 23.4 Å². The molecule has 2 rings (SSSR count). The van der Waals surface area contributed by atoms with E-state index in [4.69, 9.17) is 0 Å². The van der Waals surface area contributed by atoms with E-state index in [-0.39, 0.29) is 10.8 Å². The van der Waals surface area contributed by atoms with Gasteiger partial charge < -0.3 is 9.88 Å². The Hall–Kier alpha value is -2.08. The van der Waals surface area contributed by atoms with Gasteiger partial charge in [-0.2, -0.15) is 0 Å². The van der Waals surface area contributed by atoms with Crippen LogP contribution in [0.1, 0.15) is 16.1 Å². The summed E-state index contributed by atoms with van der Waals surface area (Å²) in [6, 6.07) is 9.72. The molecule has 0 spiro atoms. The lowest BCUT2D eigenvalue weighted by Gasteiger charge is -2.07. The zero-order valence-corrected chi connectivity index (χ0v) is 12.1. The van der Waals surface area contributed by atoms with E-state index in [1.807, 2.05) is 29.9 Å². The number of benzene rings is 1. The summed E-state index contributed by atoms with van der Waals surface area (Å²) in [6.07, 6.45) is 3.04. The lowest BCUT2D eigenvalue weighted by atomic mass is 10.2. The first kappa shape index (κ1) is 14.3. The molecule has 0 fully saturated rings. The molecule has 106 valence electrons. The molecule has 1 aromatic carbocycles. The predicted molar refractivity (Wildman–Crippen MR) is 76.1 cm³/mol. The third-order valence-corrected chi connectivity index (χ3v) is 4.15. The van der Waals surface area contributed by atoms with Crippen molar-refractivity contribution in [3.63, 3.8) is 0 Å². The summed E-state index contributed by atoms with van der Waals surface area (Å²) in [5.41, 5.74) is 1.43. The fourth-order valence-electron chi connectivity index (χ4n) is 1.81. The van der Waals surface area contributed by atoms with Crippen LogP contribution in [0, 0.1) is 0 Å². The minimum Gasteiger partial charge on any atom is -0.353 e. The van der Waals surface area contributed by atoms with E-state index in [2.05, 4.69) is 5.32 Å². The van der Waals surface area contributed by atoms with E-state index in [0.717, 1.165) is 11.9 Å². The first-order valence-corrected chi connectivity index (χ1v) is 7.95.